The quantitative estimate of drug-likeness (QED) is 0.477. The van der Waals surface area contributed by atoms with E-state index < -0.39 is 10.7 Å². The average Bonchev–Trinajstić information content (AvgIpc) is 2.85. The molecule has 0 amide bonds. The van der Waals surface area contributed by atoms with E-state index in [1.807, 2.05) is 4.90 Å². The number of methoxy groups -OCH3 is 1. The van der Waals surface area contributed by atoms with Gasteiger partial charge in [0.2, 0.25) is 0 Å². The van der Waals surface area contributed by atoms with Crippen molar-refractivity contribution in [2.24, 2.45) is 5.92 Å². The number of carbonyl (C=O) groups is 1. The van der Waals surface area contributed by atoms with Gasteiger partial charge in [0.15, 0.2) is 0 Å². The van der Waals surface area contributed by atoms with Crippen LogP contribution in [0.15, 0.2) is 18.2 Å². The van der Waals surface area contributed by atoms with E-state index in [0.717, 1.165) is 6.07 Å². The minimum Gasteiger partial charge on any atom is -0.469 e. The van der Waals surface area contributed by atoms with Crippen molar-refractivity contribution in [3.63, 3.8) is 0 Å². The lowest BCUT2D eigenvalue weighted by Crippen LogP contribution is -2.23. The molecule has 0 bridgehead atoms. The smallest absolute Gasteiger partial charge is 0.310 e. The molecule has 1 fully saturated rings. The topological polar surface area (TPSA) is 72.7 Å². The van der Waals surface area contributed by atoms with Gasteiger partial charge in [-0.3, -0.25) is 19.8 Å². The van der Waals surface area contributed by atoms with Gasteiger partial charge in [-0.05, 0) is 24.6 Å². The SMILES string of the molecule is COC(=O)C1CCN(Cc2cc(F)cc([N+](=O)[O-])c2)C1. The molecule has 0 aromatic heterocycles. The summed E-state index contributed by atoms with van der Waals surface area (Å²) in [5.41, 5.74) is 0.269. The molecule has 6 nitrogen and oxygen atoms in total. The summed E-state index contributed by atoms with van der Waals surface area (Å²) in [5.74, 6) is -1.06. The maximum Gasteiger partial charge on any atom is 0.310 e. The number of nitro groups is 1. The number of benzene rings is 1. The molecule has 108 valence electrons. The Hall–Kier alpha value is -2.02. The molecule has 0 spiro atoms. The Balaban J connectivity index is 2.04. The Labute approximate surface area is 115 Å². The first-order valence-corrected chi connectivity index (χ1v) is 6.23. The van der Waals surface area contributed by atoms with E-state index in [1.54, 1.807) is 0 Å². The molecule has 1 aliphatic heterocycles. The number of nitro benzene ring substituents is 1. The van der Waals surface area contributed by atoms with Crippen molar-refractivity contribution in [3.05, 3.63) is 39.7 Å². The molecule has 1 aromatic rings. The Morgan fingerprint density at radius 1 is 1.55 bits per heavy atom. The number of halogens is 1. The van der Waals surface area contributed by atoms with E-state index in [9.17, 15) is 19.3 Å². The predicted molar refractivity (Wildman–Crippen MR) is 68.5 cm³/mol. The lowest BCUT2D eigenvalue weighted by molar-refractivity contribution is -0.385. The van der Waals surface area contributed by atoms with Gasteiger partial charge in [-0.25, -0.2) is 4.39 Å². The minimum absolute atomic E-state index is 0.177. The maximum atomic E-state index is 13.3. The number of ether oxygens (including phenoxy) is 1. The van der Waals surface area contributed by atoms with Gasteiger partial charge in [0.05, 0.1) is 24.0 Å². The van der Waals surface area contributed by atoms with Gasteiger partial charge < -0.3 is 4.74 Å². The highest BCUT2D eigenvalue weighted by Gasteiger charge is 2.29. The Morgan fingerprint density at radius 2 is 2.30 bits per heavy atom. The summed E-state index contributed by atoms with van der Waals surface area (Å²) >= 11 is 0. The van der Waals surface area contributed by atoms with E-state index in [0.29, 0.717) is 31.6 Å². The summed E-state index contributed by atoms with van der Waals surface area (Å²) in [6.45, 7) is 1.59. The molecule has 1 aliphatic rings. The maximum absolute atomic E-state index is 13.3. The van der Waals surface area contributed by atoms with Gasteiger partial charge >= 0.3 is 5.97 Å². The molecule has 7 heteroatoms. The molecule has 0 saturated carbocycles. The van der Waals surface area contributed by atoms with E-state index in [4.69, 9.17) is 0 Å². The lowest BCUT2D eigenvalue weighted by atomic mass is 10.1. The van der Waals surface area contributed by atoms with Crippen LogP contribution in [0, 0.1) is 21.8 Å². The van der Waals surface area contributed by atoms with Gasteiger partial charge in [-0.2, -0.15) is 0 Å². The summed E-state index contributed by atoms with van der Waals surface area (Å²) in [6, 6.07) is 3.53. The lowest BCUT2D eigenvalue weighted by Gasteiger charge is -2.15. The number of rotatable bonds is 4. The van der Waals surface area contributed by atoms with Gasteiger partial charge in [0, 0.05) is 19.2 Å². The first-order chi connectivity index (χ1) is 9.49. The van der Waals surface area contributed by atoms with Crippen LogP contribution < -0.4 is 0 Å². The molecule has 0 aliphatic carbocycles. The molecule has 2 rings (SSSR count). The Kier molecular flexibility index (Phi) is 4.29. The van der Waals surface area contributed by atoms with Gasteiger partial charge in [-0.1, -0.05) is 0 Å². The first kappa shape index (κ1) is 14.4. The molecular weight excluding hydrogens is 267 g/mol. The van der Waals surface area contributed by atoms with Gasteiger partial charge in [0.25, 0.3) is 5.69 Å². The number of hydrogen-bond acceptors (Lipinski definition) is 5. The number of nitrogens with zero attached hydrogens (tertiary/aromatic N) is 2. The summed E-state index contributed by atoms with van der Waals surface area (Å²) in [6.07, 6.45) is 0.685. The minimum atomic E-state index is -0.627. The van der Waals surface area contributed by atoms with Crippen molar-refractivity contribution in [3.8, 4) is 0 Å². The van der Waals surface area contributed by atoms with Crippen molar-refractivity contribution in [1.29, 1.82) is 0 Å². The van der Waals surface area contributed by atoms with E-state index in [-0.39, 0.29) is 17.6 Å². The van der Waals surface area contributed by atoms with Crippen LogP contribution in [0.3, 0.4) is 0 Å². The van der Waals surface area contributed by atoms with Crippen LogP contribution in [0.25, 0.3) is 0 Å². The fourth-order valence-corrected chi connectivity index (χ4v) is 2.42. The second-order valence-corrected chi connectivity index (χ2v) is 4.82. The average molecular weight is 282 g/mol. The molecule has 1 atom stereocenters. The van der Waals surface area contributed by atoms with Crippen LogP contribution in [-0.2, 0) is 16.1 Å². The highest BCUT2D eigenvalue weighted by Crippen LogP contribution is 2.22. The summed E-state index contributed by atoms with van der Waals surface area (Å²) in [7, 11) is 1.35. The predicted octanol–water partition coefficient (Wildman–Crippen LogP) is 1.73. The number of non-ortho nitro benzene ring substituents is 1. The summed E-state index contributed by atoms with van der Waals surface area (Å²) < 4.78 is 18.0. The number of likely N-dealkylation sites (tertiary alicyclic amines) is 1. The second-order valence-electron chi connectivity index (χ2n) is 4.82. The molecule has 0 radical (unpaired) electrons. The highest BCUT2D eigenvalue weighted by molar-refractivity contribution is 5.72. The van der Waals surface area contributed by atoms with Crippen LogP contribution in [0.2, 0.25) is 0 Å². The van der Waals surface area contributed by atoms with Crippen molar-refractivity contribution in [2.45, 2.75) is 13.0 Å². The van der Waals surface area contributed by atoms with Crippen LogP contribution in [-0.4, -0.2) is 36.0 Å². The zero-order chi connectivity index (χ0) is 14.7. The van der Waals surface area contributed by atoms with Crippen LogP contribution >= 0.6 is 0 Å². The van der Waals surface area contributed by atoms with E-state index in [1.165, 1.54) is 19.2 Å². The van der Waals surface area contributed by atoms with Crippen LogP contribution in [0.1, 0.15) is 12.0 Å². The molecule has 20 heavy (non-hydrogen) atoms. The third-order valence-corrected chi connectivity index (χ3v) is 3.37. The van der Waals surface area contributed by atoms with E-state index in [2.05, 4.69) is 4.74 Å². The fourth-order valence-electron chi connectivity index (χ4n) is 2.42. The Morgan fingerprint density at radius 3 is 2.95 bits per heavy atom. The number of hydrogen-bond donors (Lipinski definition) is 0. The zero-order valence-corrected chi connectivity index (χ0v) is 11.0. The number of esters is 1. The van der Waals surface area contributed by atoms with Crippen molar-refractivity contribution < 1.29 is 18.8 Å². The summed E-state index contributed by atoms with van der Waals surface area (Å²) in [4.78, 5) is 23.4. The third-order valence-electron chi connectivity index (χ3n) is 3.37. The second kappa shape index (κ2) is 5.96. The van der Waals surface area contributed by atoms with Crippen LogP contribution in [0.4, 0.5) is 10.1 Å². The fraction of sp³-hybridized carbons (Fsp3) is 0.462. The summed E-state index contributed by atoms with van der Waals surface area (Å²) in [5, 5.41) is 10.7. The largest absolute Gasteiger partial charge is 0.469 e. The monoisotopic (exact) mass is 282 g/mol. The molecular formula is C13H15FN2O4. The van der Waals surface area contributed by atoms with Crippen molar-refractivity contribution >= 4 is 11.7 Å². The number of carbonyl (C=O) groups excluding carboxylic acids is 1. The third kappa shape index (κ3) is 3.30. The highest BCUT2D eigenvalue weighted by atomic mass is 19.1. The standard InChI is InChI=1S/C13H15FN2O4/c1-20-13(17)10-2-3-15(8-10)7-9-4-11(14)6-12(5-9)16(18)19/h4-6,10H,2-3,7-8H2,1H3. The molecule has 1 unspecified atom stereocenters. The van der Waals surface area contributed by atoms with Gasteiger partial charge in [-0.15, -0.1) is 0 Å². The van der Waals surface area contributed by atoms with E-state index >= 15 is 0 Å². The van der Waals surface area contributed by atoms with Crippen molar-refractivity contribution in [2.75, 3.05) is 20.2 Å². The molecule has 1 saturated heterocycles. The molecule has 1 heterocycles. The van der Waals surface area contributed by atoms with Crippen LogP contribution in [0.5, 0.6) is 0 Å². The normalized spacial score (nSPS) is 19.0. The molecule has 0 N–H and O–H groups in total. The Bertz CT molecular complexity index is 535. The molecule has 1 aromatic carbocycles. The first-order valence-electron chi connectivity index (χ1n) is 6.23. The zero-order valence-electron chi connectivity index (χ0n) is 11.0. The van der Waals surface area contributed by atoms with Gasteiger partial charge in [0.1, 0.15) is 5.82 Å². The van der Waals surface area contributed by atoms with Crippen molar-refractivity contribution in [1.82, 2.24) is 4.90 Å².